The number of aryl methyl sites for hydroxylation is 2. The lowest BCUT2D eigenvalue weighted by atomic mass is 10.3. The first kappa shape index (κ1) is 13.8. The van der Waals surface area contributed by atoms with Crippen LogP contribution in [0.25, 0.3) is 0 Å². The number of aliphatic carboxylic acids is 1. The van der Waals surface area contributed by atoms with Gasteiger partial charge in [0.1, 0.15) is 6.04 Å². The highest BCUT2D eigenvalue weighted by Crippen LogP contribution is 2.14. The molecule has 0 aliphatic heterocycles. The maximum atomic E-state index is 12.0. The maximum absolute atomic E-state index is 12.0. The van der Waals surface area contributed by atoms with E-state index in [1.165, 1.54) is 24.0 Å². The van der Waals surface area contributed by atoms with Gasteiger partial charge >= 0.3 is 5.97 Å². The van der Waals surface area contributed by atoms with E-state index < -0.39 is 12.0 Å². The molecule has 0 radical (unpaired) electrons. The Kier molecular flexibility index (Phi) is 3.55. The monoisotopic (exact) mass is 277 g/mol. The first-order valence-electron chi connectivity index (χ1n) is 5.97. The zero-order valence-electron chi connectivity index (χ0n) is 11.4. The van der Waals surface area contributed by atoms with Gasteiger partial charge in [-0.2, -0.15) is 10.2 Å². The molecule has 2 rings (SSSR count). The van der Waals surface area contributed by atoms with Crippen LogP contribution in [0.1, 0.15) is 29.0 Å². The Bertz CT molecular complexity index is 658. The molecular formula is C12H15N5O3. The molecule has 8 nitrogen and oxygen atoms in total. The van der Waals surface area contributed by atoms with Gasteiger partial charge in [-0.15, -0.1) is 0 Å². The van der Waals surface area contributed by atoms with E-state index in [9.17, 15) is 9.59 Å². The third-order valence-corrected chi connectivity index (χ3v) is 2.88. The number of anilines is 1. The van der Waals surface area contributed by atoms with Crippen LogP contribution in [0.5, 0.6) is 0 Å². The fraction of sp³-hybridized carbons (Fsp3) is 0.333. The van der Waals surface area contributed by atoms with Crippen molar-refractivity contribution >= 4 is 17.6 Å². The van der Waals surface area contributed by atoms with Gasteiger partial charge in [0.2, 0.25) is 0 Å². The SMILES string of the molecule is Cc1nn(C)cc1NC(=O)c1cnn(C(C)C(=O)O)c1. The predicted molar refractivity (Wildman–Crippen MR) is 70.5 cm³/mol. The molecule has 0 aliphatic carbocycles. The van der Waals surface area contributed by atoms with Crippen molar-refractivity contribution in [2.24, 2.45) is 7.05 Å². The van der Waals surface area contributed by atoms with Crippen LogP contribution in [0.4, 0.5) is 5.69 Å². The normalized spacial score (nSPS) is 12.2. The van der Waals surface area contributed by atoms with Gasteiger partial charge in [-0.1, -0.05) is 0 Å². The Morgan fingerprint density at radius 2 is 2.10 bits per heavy atom. The second kappa shape index (κ2) is 5.16. The van der Waals surface area contributed by atoms with E-state index in [0.29, 0.717) is 16.9 Å². The minimum Gasteiger partial charge on any atom is -0.480 e. The fourth-order valence-electron chi connectivity index (χ4n) is 1.70. The van der Waals surface area contributed by atoms with Crippen molar-refractivity contribution in [3.63, 3.8) is 0 Å². The zero-order valence-corrected chi connectivity index (χ0v) is 11.4. The molecule has 2 N–H and O–H groups in total. The Hall–Kier alpha value is -2.64. The molecule has 2 aromatic rings. The van der Waals surface area contributed by atoms with Gasteiger partial charge in [-0.25, -0.2) is 4.79 Å². The van der Waals surface area contributed by atoms with Crippen molar-refractivity contribution in [1.29, 1.82) is 0 Å². The lowest BCUT2D eigenvalue weighted by molar-refractivity contribution is -0.140. The highest BCUT2D eigenvalue weighted by molar-refractivity contribution is 6.04. The van der Waals surface area contributed by atoms with Crippen LogP contribution >= 0.6 is 0 Å². The Morgan fingerprint density at radius 1 is 1.40 bits per heavy atom. The van der Waals surface area contributed by atoms with Gasteiger partial charge in [0, 0.05) is 19.4 Å². The van der Waals surface area contributed by atoms with Crippen molar-refractivity contribution in [1.82, 2.24) is 19.6 Å². The molecule has 0 spiro atoms. The molecule has 1 amide bonds. The lowest BCUT2D eigenvalue weighted by Gasteiger charge is -2.05. The van der Waals surface area contributed by atoms with Crippen molar-refractivity contribution in [3.05, 3.63) is 29.8 Å². The minimum absolute atomic E-state index is 0.293. The summed E-state index contributed by atoms with van der Waals surface area (Å²) in [6, 6.07) is -0.823. The standard InChI is InChI=1S/C12H15N5O3/c1-7-10(6-16(3)15-7)14-11(18)9-4-13-17(5-9)8(2)12(19)20/h4-6,8H,1-3H3,(H,14,18)(H,19,20). The molecular weight excluding hydrogens is 262 g/mol. The molecule has 2 aromatic heterocycles. The number of carbonyl (C=O) groups excluding carboxylic acids is 1. The molecule has 1 atom stereocenters. The van der Waals surface area contributed by atoms with Crippen LogP contribution in [0.2, 0.25) is 0 Å². The highest BCUT2D eigenvalue weighted by Gasteiger charge is 2.17. The number of nitrogens with zero attached hydrogens (tertiary/aromatic N) is 4. The number of aromatic nitrogens is 4. The summed E-state index contributed by atoms with van der Waals surface area (Å²) < 4.78 is 2.83. The van der Waals surface area contributed by atoms with E-state index in [-0.39, 0.29) is 5.91 Å². The van der Waals surface area contributed by atoms with Crippen molar-refractivity contribution in [3.8, 4) is 0 Å². The van der Waals surface area contributed by atoms with E-state index in [0.717, 1.165) is 0 Å². The average molecular weight is 277 g/mol. The first-order chi connectivity index (χ1) is 9.38. The second-order valence-corrected chi connectivity index (χ2v) is 4.48. The molecule has 0 saturated heterocycles. The summed E-state index contributed by atoms with van der Waals surface area (Å²) in [5.41, 5.74) is 1.60. The molecule has 0 bridgehead atoms. The van der Waals surface area contributed by atoms with Crippen LogP contribution in [0.15, 0.2) is 18.6 Å². The zero-order chi connectivity index (χ0) is 14.9. The van der Waals surface area contributed by atoms with E-state index in [1.807, 2.05) is 0 Å². The van der Waals surface area contributed by atoms with E-state index in [4.69, 9.17) is 5.11 Å². The van der Waals surface area contributed by atoms with E-state index in [2.05, 4.69) is 15.5 Å². The van der Waals surface area contributed by atoms with Gasteiger partial charge in [0.15, 0.2) is 0 Å². The van der Waals surface area contributed by atoms with Gasteiger partial charge in [0.25, 0.3) is 5.91 Å². The van der Waals surface area contributed by atoms with Crippen LogP contribution in [-0.4, -0.2) is 36.5 Å². The lowest BCUT2D eigenvalue weighted by Crippen LogP contribution is -2.16. The summed E-state index contributed by atoms with van der Waals surface area (Å²) >= 11 is 0. The van der Waals surface area contributed by atoms with Crippen LogP contribution in [0.3, 0.4) is 0 Å². The molecule has 106 valence electrons. The van der Waals surface area contributed by atoms with Gasteiger partial charge in [0.05, 0.1) is 23.1 Å². The Morgan fingerprint density at radius 3 is 2.65 bits per heavy atom. The van der Waals surface area contributed by atoms with E-state index >= 15 is 0 Å². The van der Waals surface area contributed by atoms with Crippen LogP contribution in [-0.2, 0) is 11.8 Å². The highest BCUT2D eigenvalue weighted by atomic mass is 16.4. The number of hydrogen-bond donors (Lipinski definition) is 2. The van der Waals surface area contributed by atoms with Gasteiger partial charge in [-0.05, 0) is 13.8 Å². The number of rotatable bonds is 4. The smallest absolute Gasteiger partial charge is 0.328 e. The van der Waals surface area contributed by atoms with Crippen molar-refractivity contribution in [2.45, 2.75) is 19.9 Å². The Labute approximate surface area is 115 Å². The summed E-state index contributed by atoms with van der Waals surface area (Å²) in [5.74, 6) is -1.37. The summed E-state index contributed by atoms with van der Waals surface area (Å²) in [6.45, 7) is 3.27. The molecule has 0 fully saturated rings. The first-order valence-corrected chi connectivity index (χ1v) is 5.97. The number of nitrogens with one attached hydrogen (secondary N) is 1. The largest absolute Gasteiger partial charge is 0.480 e. The quantitative estimate of drug-likeness (QED) is 0.861. The van der Waals surface area contributed by atoms with Crippen molar-refractivity contribution in [2.75, 3.05) is 5.32 Å². The number of amides is 1. The average Bonchev–Trinajstić information content (AvgIpc) is 2.96. The van der Waals surface area contributed by atoms with Gasteiger partial charge < -0.3 is 10.4 Å². The number of carbonyl (C=O) groups is 2. The summed E-state index contributed by atoms with van der Waals surface area (Å²) in [7, 11) is 1.76. The second-order valence-electron chi connectivity index (χ2n) is 4.48. The summed E-state index contributed by atoms with van der Waals surface area (Å²) in [6.07, 6.45) is 4.43. The molecule has 8 heteroatoms. The number of hydrogen-bond acceptors (Lipinski definition) is 4. The number of carboxylic acid groups (broad SMARTS) is 1. The molecule has 0 aliphatic rings. The van der Waals surface area contributed by atoms with E-state index in [1.54, 1.807) is 24.9 Å². The molecule has 0 aromatic carbocycles. The maximum Gasteiger partial charge on any atom is 0.328 e. The summed E-state index contributed by atoms with van der Waals surface area (Å²) in [5, 5.41) is 19.6. The van der Waals surface area contributed by atoms with Crippen LogP contribution < -0.4 is 5.32 Å². The fourth-order valence-corrected chi connectivity index (χ4v) is 1.70. The van der Waals surface area contributed by atoms with Gasteiger partial charge in [-0.3, -0.25) is 14.2 Å². The third kappa shape index (κ3) is 2.68. The topological polar surface area (TPSA) is 102 Å². The molecule has 2 heterocycles. The summed E-state index contributed by atoms with van der Waals surface area (Å²) in [4.78, 5) is 22.9. The molecule has 20 heavy (non-hydrogen) atoms. The Balaban J connectivity index is 2.14. The number of carboxylic acids is 1. The van der Waals surface area contributed by atoms with Crippen molar-refractivity contribution < 1.29 is 14.7 Å². The molecule has 1 unspecified atom stereocenters. The molecule has 0 saturated carbocycles. The predicted octanol–water partition coefficient (Wildman–Crippen LogP) is 0.823. The van der Waals surface area contributed by atoms with Crippen LogP contribution in [0, 0.1) is 6.92 Å². The third-order valence-electron chi connectivity index (χ3n) is 2.88. The minimum atomic E-state index is -1.01.